The van der Waals surface area contributed by atoms with Crippen molar-refractivity contribution in [1.29, 1.82) is 0 Å². The third-order valence-electron chi connectivity index (χ3n) is 4.14. The molecule has 1 heterocycles. The average molecular weight is 398 g/mol. The molecule has 2 aromatic carbocycles. The van der Waals surface area contributed by atoms with Crippen molar-refractivity contribution in [2.45, 2.75) is 25.5 Å². The van der Waals surface area contributed by atoms with Gasteiger partial charge in [-0.05, 0) is 50.2 Å². The molecule has 1 saturated heterocycles. The molecule has 1 aliphatic rings. The van der Waals surface area contributed by atoms with E-state index in [4.69, 9.17) is 4.74 Å². The number of thioether (sulfide) groups is 1. The molecule has 0 spiro atoms. The molecule has 0 radical (unpaired) electrons. The van der Waals surface area contributed by atoms with E-state index in [0.717, 1.165) is 17.1 Å². The quantitative estimate of drug-likeness (QED) is 0.765. The largest absolute Gasteiger partial charge is 0.494 e. The lowest BCUT2D eigenvalue weighted by Gasteiger charge is -2.13. The number of para-hydroxylation sites is 1. The lowest BCUT2D eigenvalue weighted by atomic mass is 10.2. The molecule has 0 aromatic heterocycles. The molecule has 3 rings (SSSR count). The SMILES string of the molecule is CCOc1ccc(N=C2S[C@H](CC(=O)Nc3ccccc3)C(=O)N2CC)cc1. The van der Waals surface area contributed by atoms with Crippen molar-refractivity contribution in [3.05, 3.63) is 54.6 Å². The van der Waals surface area contributed by atoms with Gasteiger partial charge in [0.2, 0.25) is 11.8 Å². The van der Waals surface area contributed by atoms with Crippen LogP contribution in [0.25, 0.3) is 0 Å². The van der Waals surface area contributed by atoms with Crippen LogP contribution in [0.15, 0.2) is 59.6 Å². The van der Waals surface area contributed by atoms with Gasteiger partial charge in [0.05, 0.1) is 12.3 Å². The normalized spacial score (nSPS) is 17.8. The monoisotopic (exact) mass is 397 g/mol. The van der Waals surface area contributed by atoms with Crippen LogP contribution in [0.5, 0.6) is 5.75 Å². The minimum atomic E-state index is -0.467. The van der Waals surface area contributed by atoms with E-state index in [0.29, 0.717) is 18.3 Å². The van der Waals surface area contributed by atoms with Crippen LogP contribution >= 0.6 is 11.8 Å². The summed E-state index contributed by atoms with van der Waals surface area (Å²) in [5.41, 5.74) is 1.46. The van der Waals surface area contributed by atoms with Gasteiger partial charge in [-0.2, -0.15) is 0 Å². The summed E-state index contributed by atoms with van der Waals surface area (Å²) in [7, 11) is 0. The van der Waals surface area contributed by atoms with Gasteiger partial charge in [0.25, 0.3) is 0 Å². The Hall–Kier alpha value is -2.80. The Morgan fingerprint density at radius 3 is 2.50 bits per heavy atom. The number of benzene rings is 2. The van der Waals surface area contributed by atoms with Gasteiger partial charge in [-0.15, -0.1) is 0 Å². The summed E-state index contributed by atoms with van der Waals surface area (Å²) in [6, 6.07) is 16.6. The number of hydrogen-bond acceptors (Lipinski definition) is 5. The molecule has 6 nitrogen and oxygen atoms in total. The number of nitrogens with zero attached hydrogens (tertiary/aromatic N) is 2. The third-order valence-corrected chi connectivity index (χ3v) is 5.31. The van der Waals surface area contributed by atoms with Crippen molar-refractivity contribution in [2.75, 3.05) is 18.5 Å². The van der Waals surface area contributed by atoms with E-state index < -0.39 is 5.25 Å². The standard InChI is InChI=1S/C21H23N3O3S/c1-3-24-20(26)18(14-19(25)22-15-8-6-5-7-9-15)28-21(24)23-16-10-12-17(13-11-16)27-4-2/h5-13,18H,3-4,14H2,1-2H3,(H,22,25)/t18-/m1/s1. The molecule has 0 bridgehead atoms. The maximum absolute atomic E-state index is 12.7. The summed E-state index contributed by atoms with van der Waals surface area (Å²) < 4.78 is 5.44. The second-order valence-electron chi connectivity index (χ2n) is 6.13. The number of ether oxygens (including phenoxy) is 1. The fourth-order valence-corrected chi connectivity index (χ4v) is 4.03. The molecule has 2 amide bonds. The molecule has 1 atom stereocenters. The number of amidine groups is 1. The number of amides is 2. The Morgan fingerprint density at radius 2 is 1.86 bits per heavy atom. The Bertz CT molecular complexity index is 853. The van der Waals surface area contributed by atoms with E-state index in [9.17, 15) is 9.59 Å². The molecule has 146 valence electrons. The maximum atomic E-state index is 12.7. The van der Waals surface area contributed by atoms with Gasteiger partial charge in [-0.25, -0.2) is 4.99 Å². The highest BCUT2D eigenvalue weighted by molar-refractivity contribution is 8.15. The van der Waals surface area contributed by atoms with Crippen molar-refractivity contribution in [3.8, 4) is 5.75 Å². The van der Waals surface area contributed by atoms with Crippen molar-refractivity contribution in [3.63, 3.8) is 0 Å². The number of nitrogens with one attached hydrogen (secondary N) is 1. The van der Waals surface area contributed by atoms with Crippen LogP contribution in [0, 0.1) is 0 Å². The van der Waals surface area contributed by atoms with Gasteiger partial charge in [-0.3, -0.25) is 14.5 Å². The highest BCUT2D eigenvalue weighted by Gasteiger charge is 2.38. The lowest BCUT2D eigenvalue weighted by molar-refractivity contribution is -0.128. The molecule has 0 aliphatic carbocycles. The zero-order valence-electron chi connectivity index (χ0n) is 15.9. The fraction of sp³-hybridized carbons (Fsp3) is 0.286. The average Bonchev–Trinajstić information content (AvgIpc) is 2.98. The predicted molar refractivity (Wildman–Crippen MR) is 113 cm³/mol. The lowest BCUT2D eigenvalue weighted by Crippen LogP contribution is -2.33. The molecule has 1 N–H and O–H groups in total. The van der Waals surface area contributed by atoms with Crippen molar-refractivity contribution < 1.29 is 14.3 Å². The Labute approximate surface area is 169 Å². The van der Waals surface area contributed by atoms with Crippen LogP contribution in [0.1, 0.15) is 20.3 Å². The van der Waals surface area contributed by atoms with Crippen LogP contribution in [-0.4, -0.2) is 40.3 Å². The second kappa shape index (κ2) is 9.41. The topological polar surface area (TPSA) is 71.0 Å². The van der Waals surface area contributed by atoms with Gasteiger partial charge < -0.3 is 10.1 Å². The predicted octanol–water partition coefficient (Wildman–Crippen LogP) is 4.07. The van der Waals surface area contributed by atoms with E-state index >= 15 is 0 Å². The van der Waals surface area contributed by atoms with E-state index in [2.05, 4.69) is 10.3 Å². The molecular weight excluding hydrogens is 374 g/mol. The first-order valence-corrected chi connectivity index (χ1v) is 10.1. The zero-order valence-corrected chi connectivity index (χ0v) is 16.7. The maximum Gasteiger partial charge on any atom is 0.242 e. The van der Waals surface area contributed by atoms with Crippen LogP contribution in [0.3, 0.4) is 0 Å². The van der Waals surface area contributed by atoms with Gasteiger partial charge in [-0.1, -0.05) is 30.0 Å². The van der Waals surface area contributed by atoms with Crippen LogP contribution in [0.2, 0.25) is 0 Å². The summed E-state index contributed by atoms with van der Waals surface area (Å²) in [5, 5.41) is 2.98. The van der Waals surface area contributed by atoms with Crippen molar-refractivity contribution in [1.82, 2.24) is 4.90 Å². The Balaban J connectivity index is 1.68. The smallest absolute Gasteiger partial charge is 0.242 e. The number of rotatable bonds is 7. The number of anilines is 1. The van der Waals surface area contributed by atoms with E-state index in [1.54, 1.807) is 4.90 Å². The van der Waals surface area contributed by atoms with E-state index in [1.165, 1.54) is 11.8 Å². The summed E-state index contributed by atoms with van der Waals surface area (Å²) in [4.78, 5) is 31.2. The Kier molecular flexibility index (Phi) is 6.71. The summed E-state index contributed by atoms with van der Waals surface area (Å²) in [5.74, 6) is 0.514. The van der Waals surface area contributed by atoms with E-state index in [1.807, 2.05) is 68.4 Å². The summed E-state index contributed by atoms with van der Waals surface area (Å²) in [6.45, 7) is 4.95. The molecule has 7 heteroatoms. The molecule has 1 fully saturated rings. The first kappa shape index (κ1) is 19.9. The van der Waals surface area contributed by atoms with Crippen LogP contribution in [-0.2, 0) is 9.59 Å². The molecule has 0 saturated carbocycles. The van der Waals surface area contributed by atoms with Gasteiger partial charge >= 0.3 is 0 Å². The zero-order chi connectivity index (χ0) is 19.9. The first-order chi connectivity index (χ1) is 13.6. The van der Waals surface area contributed by atoms with Gasteiger partial charge in [0.1, 0.15) is 11.0 Å². The van der Waals surface area contributed by atoms with Gasteiger partial charge in [0, 0.05) is 18.7 Å². The van der Waals surface area contributed by atoms with Crippen molar-refractivity contribution in [2.24, 2.45) is 4.99 Å². The minimum absolute atomic E-state index is 0.0830. The fourth-order valence-electron chi connectivity index (χ4n) is 2.81. The Morgan fingerprint density at radius 1 is 1.14 bits per heavy atom. The molecule has 28 heavy (non-hydrogen) atoms. The van der Waals surface area contributed by atoms with Crippen molar-refractivity contribution >= 4 is 40.1 Å². The molecule has 1 aliphatic heterocycles. The number of aliphatic imine (C=N–C) groups is 1. The minimum Gasteiger partial charge on any atom is -0.494 e. The molecule has 2 aromatic rings. The number of carbonyl (C=O) groups excluding carboxylic acids is 2. The second-order valence-corrected chi connectivity index (χ2v) is 7.30. The highest BCUT2D eigenvalue weighted by Crippen LogP contribution is 2.32. The first-order valence-electron chi connectivity index (χ1n) is 9.25. The van der Waals surface area contributed by atoms with Gasteiger partial charge in [0.15, 0.2) is 5.17 Å². The molecule has 0 unspecified atom stereocenters. The van der Waals surface area contributed by atoms with E-state index in [-0.39, 0.29) is 18.2 Å². The number of carbonyl (C=O) groups is 2. The third kappa shape index (κ3) is 4.92. The number of hydrogen-bond donors (Lipinski definition) is 1. The molecular formula is C21H23N3O3S. The van der Waals surface area contributed by atoms with Crippen LogP contribution < -0.4 is 10.1 Å². The highest BCUT2D eigenvalue weighted by atomic mass is 32.2. The summed E-state index contributed by atoms with van der Waals surface area (Å²) in [6.07, 6.45) is 0.108. The summed E-state index contributed by atoms with van der Waals surface area (Å²) >= 11 is 1.33. The van der Waals surface area contributed by atoms with Crippen LogP contribution in [0.4, 0.5) is 11.4 Å².